The first-order chi connectivity index (χ1) is 5.95. The van der Waals surface area contributed by atoms with Crippen molar-refractivity contribution in [2.24, 2.45) is 0 Å². The highest BCUT2D eigenvalue weighted by Crippen LogP contribution is 2.20. The number of hydrogen-bond acceptors (Lipinski definition) is 3. The quantitative estimate of drug-likeness (QED) is 0.682. The second-order valence-electron chi connectivity index (χ2n) is 4.03. The van der Waals surface area contributed by atoms with Gasteiger partial charge in [0.2, 0.25) is 0 Å². The van der Waals surface area contributed by atoms with Gasteiger partial charge in [-0.05, 0) is 0 Å². The number of hydrogen-bond donors (Lipinski definition) is 2. The van der Waals surface area contributed by atoms with E-state index in [0.717, 1.165) is 5.82 Å². The van der Waals surface area contributed by atoms with Crippen LogP contribution in [-0.4, -0.2) is 22.2 Å². The van der Waals surface area contributed by atoms with Gasteiger partial charge in [0.25, 0.3) is 0 Å². The number of methoxy groups -OCH3 is 1. The summed E-state index contributed by atoms with van der Waals surface area (Å²) < 4.78 is 4.75. The Labute approximate surface area is 78.0 Å². The van der Waals surface area contributed by atoms with Crippen LogP contribution in [0.4, 0.5) is 0 Å². The summed E-state index contributed by atoms with van der Waals surface area (Å²) in [4.78, 5) is 7.18. The molecule has 0 saturated heterocycles. The van der Waals surface area contributed by atoms with Crippen LogP contribution in [0.5, 0.6) is 0 Å². The molecule has 0 aliphatic carbocycles. The third kappa shape index (κ3) is 2.29. The average Bonchev–Trinajstić information content (AvgIpc) is 2.50. The summed E-state index contributed by atoms with van der Waals surface area (Å²) in [7, 11) is 1.45. The van der Waals surface area contributed by atoms with Crippen LogP contribution in [0.15, 0.2) is 6.20 Å². The van der Waals surface area contributed by atoms with Crippen LogP contribution < -0.4 is 0 Å². The van der Waals surface area contributed by atoms with Gasteiger partial charge in [-0.2, -0.15) is 0 Å². The highest BCUT2D eigenvalue weighted by Gasteiger charge is 2.19. The van der Waals surface area contributed by atoms with Crippen LogP contribution in [0.1, 0.15) is 38.6 Å². The molecule has 1 rings (SSSR count). The summed E-state index contributed by atoms with van der Waals surface area (Å²) >= 11 is 0. The molecule has 0 aliphatic rings. The molecule has 0 aliphatic heterocycles. The Morgan fingerprint density at radius 3 is 2.54 bits per heavy atom. The maximum absolute atomic E-state index is 9.31. The smallest absolute Gasteiger partial charge is 0.197 e. The number of aromatic amines is 1. The largest absolute Gasteiger partial charge is 0.363 e. The summed E-state index contributed by atoms with van der Waals surface area (Å²) in [5, 5.41) is 9.31. The maximum atomic E-state index is 9.31. The van der Waals surface area contributed by atoms with E-state index < -0.39 is 6.29 Å². The molecule has 0 radical (unpaired) electrons. The van der Waals surface area contributed by atoms with Crippen LogP contribution in [-0.2, 0) is 10.2 Å². The van der Waals surface area contributed by atoms with E-state index in [1.807, 2.05) is 0 Å². The van der Waals surface area contributed by atoms with Gasteiger partial charge in [-0.25, -0.2) is 4.98 Å². The van der Waals surface area contributed by atoms with Crippen molar-refractivity contribution in [1.29, 1.82) is 0 Å². The van der Waals surface area contributed by atoms with Gasteiger partial charge in [0.05, 0.1) is 11.9 Å². The summed E-state index contributed by atoms with van der Waals surface area (Å²) in [6.45, 7) is 6.15. The molecule has 1 aromatic heterocycles. The molecule has 0 fully saturated rings. The Hall–Kier alpha value is -0.870. The molecule has 0 bridgehead atoms. The topological polar surface area (TPSA) is 58.1 Å². The molecule has 4 heteroatoms. The zero-order valence-electron chi connectivity index (χ0n) is 8.46. The van der Waals surface area contributed by atoms with Gasteiger partial charge in [-0.1, -0.05) is 20.8 Å². The first-order valence-corrected chi connectivity index (χ1v) is 4.21. The number of aliphatic hydroxyl groups excluding tert-OH is 1. The van der Waals surface area contributed by atoms with E-state index in [4.69, 9.17) is 4.74 Å². The Bertz CT molecular complexity index is 275. The maximum Gasteiger partial charge on any atom is 0.197 e. The van der Waals surface area contributed by atoms with Crippen molar-refractivity contribution in [3.8, 4) is 0 Å². The standard InChI is InChI=1S/C9H16N2O2/c1-9(2,3)8-10-5-6(11-8)7(12)13-4/h5,7,12H,1-4H3,(H,10,11). The third-order valence-corrected chi connectivity index (χ3v) is 1.80. The van der Waals surface area contributed by atoms with E-state index in [0.29, 0.717) is 5.69 Å². The Morgan fingerprint density at radius 2 is 2.15 bits per heavy atom. The molecule has 0 amide bonds. The molecule has 0 aromatic carbocycles. The fraction of sp³-hybridized carbons (Fsp3) is 0.667. The summed E-state index contributed by atoms with van der Waals surface area (Å²) in [5.41, 5.74) is 0.554. The number of rotatable bonds is 2. The summed E-state index contributed by atoms with van der Waals surface area (Å²) in [6.07, 6.45) is 0.679. The van der Waals surface area contributed by atoms with E-state index in [9.17, 15) is 5.11 Å². The lowest BCUT2D eigenvalue weighted by molar-refractivity contribution is -0.0797. The van der Waals surface area contributed by atoms with Gasteiger partial charge in [-0.15, -0.1) is 0 Å². The van der Waals surface area contributed by atoms with Gasteiger partial charge in [0, 0.05) is 12.5 Å². The average molecular weight is 184 g/mol. The normalized spacial score (nSPS) is 14.5. The third-order valence-electron chi connectivity index (χ3n) is 1.80. The molecule has 0 spiro atoms. The zero-order chi connectivity index (χ0) is 10.1. The number of aliphatic hydroxyl groups is 1. The number of aromatic nitrogens is 2. The first kappa shape index (κ1) is 10.2. The zero-order valence-corrected chi connectivity index (χ0v) is 8.46. The van der Waals surface area contributed by atoms with Gasteiger partial charge < -0.3 is 14.8 Å². The number of nitrogens with zero attached hydrogens (tertiary/aromatic N) is 1. The van der Waals surface area contributed by atoms with E-state index in [1.54, 1.807) is 6.20 Å². The minimum absolute atomic E-state index is 0.0360. The molecular weight excluding hydrogens is 168 g/mol. The monoisotopic (exact) mass is 184 g/mol. The fourth-order valence-corrected chi connectivity index (χ4v) is 0.969. The van der Waals surface area contributed by atoms with Crippen molar-refractivity contribution in [2.45, 2.75) is 32.5 Å². The van der Waals surface area contributed by atoms with E-state index in [1.165, 1.54) is 7.11 Å². The lowest BCUT2D eigenvalue weighted by Gasteiger charge is -2.14. The number of ether oxygens (including phenoxy) is 1. The van der Waals surface area contributed by atoms with E-state index in [-0.39, 0.29) is 5.41 Å². The van der Waals surface area contributed by atoms with Crippen molar-refractivity contribution in [3.05, 3.63) is 17.7 Å². The lowest BCUT2D eigenvalue weighted by Crippen LogP contribution is -2.13. The van der Waals surface area contributed by atoms with Crippen molar-refractivity contribution >= 4 is 0 Å². The minimum Gasteiger partial charge on any atom is -0.363 e. The molecule has 1 atom stereocenters. The number of H-pyrrole nitrogens is 1. The van der Waals surface area contributed by atoms with E-state index in [2.05, 4.69) is 30.7 Å². The minimum atomic E-state index is -0.913. The van der Waals surface area contributed by atoms with Crippen LogP contribution >= 0.6 is 0 Å². The molecule has 0 saturated carbocycles. The fourth-order valence-electron chi connectivity index (χ4n) is 0.969. The summed E-state index contributed by atoms with van der Waals surface area (Å²) in [6, 6.07) is 0. The van der Waals surface area contributed by atoms with Crippen LogP contribution in [0.3, 0.4) is 0 Å². The van der Waals surface area contributed by atoms with Gasteiger partial charge in [0.1, 0.15) is 5.82 Å². The highest BCUT2D eigenvalue weighted by molar-refractivity contribution is 5.09. The lowest BCUT2D eigenvalue weighted by atomic mass is 9.96. The van der Waals surface area contributed by atoms with Crippen molar-refractivity contribution < 1.29 is 9.84 Å². The molecule has 2 N–H and O–H groups in total. The molecule has 1 unspecified atom stereocenters. The Balaban J connectivity index is 2.87. The second-order valence-corrected chi connectivity index (χ2v) is 4.03. The van der Waals surface area contributed by atoms with Gasteiger partial charge >= 0.3 is 0 Å². The van der Waals surface area contributed by atoms with Crippen molar-refractivity contribution in [2.75, 3.05) is 7.11 Å². The number of nitrogens with one attached hydrogen (secondary N) is 1. The second kappa shape index (κ2) is 3.47. The van der Waals surface area contributed by atoms with Crippen LogP contribution in [0.2, 0.25) is 0 Å². The predicted molar refractivity (Wildman–Crippen MR) is 49.3 cm³/mol. The Kier molecular flexibility index (Phi) is 2.73. The molecule has 4 nitrogen and oxygen atoms in total. The number of imidazole rings is 1. The van der Waals surface area contributed by atoms with Crippen LogP contribution in [0.25, 0.3) is 0 Å². The van der Waals surface area contributed by atoms with Crippen molar-refractivity contribution in [3.63, 3.8) is 0 Å². The molecule has 1 heterocycles. The predicted octanol–water partition coefficient (Wildman–Crippen LogP) is 1.34. The highest BCUT2D eigenvalue weighted by atomic mass is 16.6. The molecule has 13 heavy (non-hydrogen) atoms. The Morgan fingerprint density at radius 1 is 1.54 bits per heavy atom. The molecule has 1 aromatic rings. The van der Waals surface area contributed by atoms with Crippen LogP contribution in [0, 0.1) is 0 Å². The van der Waals surface area contributed by atoms with Gasteiger partial charge in [-0.3, -0.25) is 0 Å². The SMILES string of the molecule is COC(O)c1cnc(C(C)(C)C)[nH]1. The molecule has 74 valence electrons. The summed E-state index contributed by atoms with van der Waals surface area (Å²) in [5.74, 6) is 0.846. The first-order valence-electron chi connectivity index (χ1n) is 4.21. The van der Waals surface area contributed by atoms with Gasteiger partial charge in [0.15, 0.2) is 6.29 Å². The van der Waals surface area contributed by atoms with E-state index >= 15 is 0 Å². The molecular formula is C9H16N2O2. The van der Waals surface area contributed by atoms with Crippen molar-refractivity contribution in [1.82, 2.24) is 9.97 Å².